The Kier molecular flexibility index (Phi) is 4.64. The van der Waals surface area contributed by atoms with Gasteiger partial charge in [-0.15, -0.1) is 0 Å². The van der Waals surface area contributed by atoms with Crippen LogP contribution in [0.3, 0.4) is 0 Å². The number of aromatic nitrogens is 1. The molecule has 0 radical (unpaired) electrons. The van der Waals surface area contributed by atoms with E-state index in [0.717, 1.165) is 6.07 Å². The van der Waals surface area contributed by atoms with Gasteiger partial charge in [0.1, 0.15) is 23.1 Å². The number of benzene rings is 3. The Morgan fingerprint density at radius 3 is 2.16 bits per heavy atom. The average molecular weight is 411 g/mol. The Bertz CT molecular complexity index is 1310. The van der Waals surface area contributed by atoms with Crippen molar-refractivity contribution in [2.45, 2.75) is 0 Å². The molecule has 0 atom stereocenters. The topological polar surface area (TPSA) is 39.2 Å². The number of fused-ring (bicyclic) bond motifs is 1. The molecule has 3 nitrogen and oxygen atoms in total. The molecule has 1 aliphatic carbocycles. The minimum atomic E-state index is -0.710. The number of allylic oxidation sites excluding steroid dienone is 1. The average Bonchev–Trinajstić information content (AvgIpc) is 3.06. The molecule has 0 unspecified atom stereocenters. The highest BCUT2D eigenvalue weighted by Crippen LogP contribution is 2.43. The van der Waals surface area contributed by atoms with Crippen LogP contribution in [0.2, 0.25) is 0 Å². The van der Waals surface area contributed by atoms with Crippen molar-refractivity contribution in [3.63, 3.8) is 0 Å². The van der Waals surface area contributed by atoms with Crippen molar-refractivity contribution in [1.29, 1.82) is 0 Å². The number of rotatable bonds is 4. The molecule has 0 aliphatic heterocycles. The van der Waals surface area contributed by atoms with Crippen LogP contribution in [0.1, 0.15) is 27.0 Å². The number of hydrogen-bond donors (Lipinski definition) is 0. The zero-order chi connectivity index (χ0) is 21.4. The first-order valence-corrected chi connectivity index (χ1v) is 9.63. The first-order chi connectivity index (χ1) is 15.1. The van der Waals surface area contributed by atoms with Gasteiger partial charge in [-0.25, -0.2) is 8.78 Å². The number of carbonyl (C=O) groups excluding carboxylic acids is 1. The molecule has 4 aromatic rings. The van der Waals surface area contributed by atoms with Gasteiger partial charge < -0.3 is 4.74 Å². The summed E-state index contributed by atoms with van der Waals surface area (Å²) in [5.74, 6) is -0.534. The second-order valence-electron chi connectivity index (χ2n) is 7.10. The van der Waals surface area contributed by atoms with Crippen LogP contribution in [0, 0.1) is 11.6 Å². The highest BCUT2D eigenvalue weighted by Gasteiger charge is 2.32. The third-order valence-electron chi connectivity index (χ3n) is 5.06. The summed E-state index contributed by atoms with van der Waals surface area (Å²) >= 11 is 0. The second-order valence-corrected chi connectivity index (χ2v) is 7.10. The van der Waals surface area contributed by atoms with E-state index in [-0.39, 0.29) is 5.78 Å². The van der Waals surface area contributed by atoms with Crippen LogP contribution in [-0.4, -0.2) is 10.8 Å². The van der Waals surface area contributed by atoms with Crippen molar-refractivity contribution in [3.05, 3.63) is 125 Å². The monoisotopic (exact) mass is 411 g/mol. The Hall–Kier alpha value is -4.12. The van der Waals surface area contributed by atoms with E-state index in [0.29, 0.717) is 44.9 Å². The third-order valence-corrected chi connectivity index (χ3v) is 5.06. The molecule has 31 heavy (non-hydrogen) atoms. The maximum absolute atomic E-state index is 14.0. The standard InChI is InChI=1S/C26H15F2NO2/c27-18-11-17(12-19(28)13-18)24-22-9-8-21(31-20-6-2-1-3-7-20)14-23(22)26(30)25(24)16-5-4-10-29-15-16/h1-15H. The van der Waals surface area contributed by atoms with Gasteiger partial charge in [0.05, 0.1) is 0 Å². The van der Waals surface area contributed by atoms with E-state index in [2.05, 4.69) is 4.98 Å². The van der Waals surface area contributed by atoms with Crippen molar-refractivity contribution >= 4 is 16.9 Å². The molecule has 0 fully saturated rings. The zero-order valence-corrected chi connectivity index (χ0v) is 16.2. The Morgan fingerprint density at radius 2 is 1.45 bits per heavy atom. The smallest absolute Gasteiger partial charge is 0.195 e. The Morgan fingerprint density at radius 1 is 0.677 bits per heavy atom. The van der Waals surface area contributed by atoms with Crippen molar-refractivity contribution in [3.8, 4) is 11.5 Å². The number of nitrogens with zero attached hydrogens (tertiary/aromatic N) is 1. The van der Waals surface area contributed by atoms with Gasteiger partial charge in [-0.1, -0.05) is 24.3 Å². The van der Waals surface area contributed by atoms with Crippen molar-refractivity contribution in [2.24, 2.45) is 0 Å². The number of pyridine rings is 1. The van der Waals surface area contributed by atoms with E-state index in [4.69, 9.17) is 4.74 Å². The summed E-state index contributed by atoms with van der Waals surface area (Å²) in [5, 5.41) is 0. The summed E-state index contributed by atoms with van der Waals surface area (Å²) in [5.41, 5.74) is 2.69. The quantitative estimate of drug-likeness (QED) is 0.395. The van der Waals surface area contributed by atoms with Crippen LogP contribution in [0.25, 0.3) is 11.1 Å². The first kappa shape index (κ1) is 18.9. The van der Waals surface area contributed by atoms with Crippen LogP contribution < -0.4 is 4.74 Å². The maximum Gasteiger partial charge on any atom is 0.195 e. The fourth-order valence-electron chi connectivity index (χ4n) is 3.78. The lowest BCUT2D eigenvalue weighted by atomic mass is 9.95. The summed E-state index contributed by atoms with van der Waals surface area (Å²) in [4.78, 5) is 17.5. The van der Waals surface area contributed by atoms with Gasteiger partial charge in [-0.3, -0.25) is 9.78 Å². The lowest BCUT2D eigenvalue weighted by molar-refractivity contribution is 0.105. The fourth-order valence-corrected chi connectivity index (χ4v) is 3.78. The molecule has 0 amide bonds. The van der Waals surface area contributed by atoms with Crippen LogP contribution in [0.4, 0.5) is 8.78 Å². The molecule has 5 rings (SSSR count). The maximum atomic E-state index is 14.0. The molecular weight excluding hydrogens is 396 g/mol. The minimum absolute atomic E-state index is 0.249. The number of para-hydroxylation sites is 1. The molecule has 0 N–H and O–H groups in total. The van der Waals surface area contributed by atoms with Gasteiger partial charge >= 0.3 is 0 Å². The van der Waals surface area contributed by atoms with Gasteiger partial charge in [0, 0.05) is 40.7 Å². The third kappa shape index (κ3) is 3.51. The van der Waals surface area contributed by atoms with E-state index in [1.165, 1.54) is 12.1 Å². The van der Waals surface area contributed by atoms with E-state index < -0.39 is 11.6 Å². The first-order valence-electron chi connectivity index (χ1n) is 9.63. The SMILES string of the molecule is O=C1C(c2cccnc2)=C(c2cc(F)cc(F)c2)c2ccc(Oc3ccccc3)cc21. The van der Waals surface area contributed by atoms with Crippen LogP contribution in [0.15, 0.2) is 91.3 Å². The molecule has 3 aromatic carbocycles. The predicted molar refractivity (Wildman–Crippen MR) is 114 cm³/mol. The van der Waals surface area contributed by atoms with Gasteiger partial charge in [0.2, 0.25) is 0 Å². The van der Waals surface area contributed by atoms with Gasteiger partial charge in [-0.05, 0) is 59.7 Å². The minimum Gasteiger partial charge on any atom is -0.457 e. The summed E-state index contributed by atoms with van der Waals surface area (Å²) in [7, 11) is 0. The molecule has 0 spiro atoms. The molecule has 150 valence electrons. The van der Waals surface area contributed by atoms with Crippen molar-refractivity contribution in [1.82, 2.24) is 4.98 Å². The summed E-state index contributed by atoms with van der Waals surface area (Å²) in [6.45, 7) is 0. The van der Waals surface area contributed by atoms with E-state index in [9.17, 15) is 13.6 Å². The predicted octanol–water partition coefficient (Wildman–Crippen LogP) is 6.31. The van der Waals surface area contributed by atoms with E-state index in [1.54, 1.807) is 42.7 Å². The molecule has 0 saturated heterocycles. The van der Waals surface area contributed by atoms with E-state index in [1.807, 2.05) is 30.3 Å². The fraction of sp³-hybridized carbons (Fsp3) is 0. The molecule has 1 heterocycles. The largest absolute Gasteiger partial charge is 0.457 e. The van der Waals surface area contributed by atoms with Crippen molar-refractivity contribution in [2.75, 3.05) is 0 Å². The number of ketones is 1. The van der Waals surface area contributed by atoms with E-state index >= 15 is 0 Å². The summed E-state index contributed by atoms with van der Waals surface area (Å²) in [6, 6.07) is 21.1. The van der Waals surface area contributed by atoms with Gasteiger partial charge in [0.15, 0.2) is 5.78 Å². The van der Waals surface area contributed by atoms with Crippen LogP contribution >= 0.6 is 0 Å². The number of carbonyl (C=O) groups is 1. The zero-order valence-electron chi connectivity index (χ0n) is 16.2. The van der Waals surface area contributed by atoms with Gasteiger partial charge in [-0.2, -0.15) is 0 Å². The van der Waals surface area contributed by atoms with Crippen LogP contribution in [-0.2, 0) is 0 Å². The van der Waals surface area contributed by atoms with Crippen LogP contribution in [0.5, 0.6) is 11.5 Å². The Labute approximate surface area is 177 Å². The molecule has 0 saturated carbocycles. The summed E-state index contributed by atoms with van der Waals surface area (Å²) < 4.78 is 33.9. The lowest BCUT2D eigenvalue weighted by Crippen LogP contribution is -1.99. The number of halogens is 2. The normalized spacial score (nSPS) is 12.8. The molecule has 1 aromatic heterocycles. The molecular formula is C26H15F2NO2. The summed E-state index contributed by atoms with van der Waals surface area (Å²) in [6.07, 6.45) is 3.17. The molecule has 0 bridgehead atoms. The second kappa shape index (κ2) is 7.61. The highest BCUT2D eigenvalue weighted by atomic mass is 19.1. The van der Waals surface area contributed by atoms with Gasteiger partial charge in [0.25, 0.3) is 0 Å². The number of ether oxygens (including phenoxy) is 1. The highest BCUT2D eigenvalue weighted by molar-refractivity contribution is 6.41. The lowest BCUT2D eigenvalue weighted by Gasteiger charge is -2.10. The molecule has 1 aliphatic rings. The Balaban J connectivity index is 1.67. The molecule has 5 heteroatoms. The van der Waals surface area contributed by atoms with Crippen molar-refractivity contribution < 1.29 is 18.3 Å². The number of hydrogen-bond acceptors (Lipinski definition) is 3. The number of Topliss-reactive ketones (excluding diaryl/α,β-unsaturated/α-hetero) is 1.